The number of hydrogen-bond acceptors (Lipinski definition) is 6. The Balaban J connectivity index is 0.00000520. The molecular formula is C38H47N5O5. The normalized spacial score (nSPS) is 15.7. The van der Waals surface area contributed by atoms with Crippen molar-refractivity contribution in [3.63, 3.8) is 0 Å². The van der Waals surface area contributed by atoms with Gasteiger partial charge in [-0.3, -0.25) is 14.4 Å². The van der Waals surface area contributed by atoms with Gasteiger partial charge in [0.2, 0.25) is 11.8 Å². The molecule has 254 valence electrons. The number of likely N-dealkylation sites (tertiary alicyclic amines) is 1. The summed E-state index contributed by atoms with van der Waals surface area (Å²) in [6.07, 6.45) is 1.06. The number of carbonyl (C=O) groups excluding carboxylic acids is 4. The average Bonchev–Trinajstić information content (AvgIpc) is 3.69. The van der Waals surface area contributed by atoms with Gasteiger partial charge in [0.15, 0.2) is 5.78 Å². The van der Waals surface area contributed by atoms with E-state index < -0.39 is 29.8 Å². The van der Waals surface area contributed by atoms with Crippen LogP contribution in [0.4, 0.5) is 10.5 Å². The van der Waals surface area contributed by atoms with Gasteiger partial charge in [0.05, 0.1) is 6.04 Å². The van der Waals surface area contributed by atoms with Gasteiger partial charge < -0.3 is 30.6 Å². The first-order valence-corrected chi connectivity index (χ1v) is 16.0. The fourth-order valence-corrected chi connectivity index (χ4v) is 5.91. The summed E-state index contributed by atoms with van der Waals surface area (Å²) in [7, 11) is 1.77. The highest BCUT2D eigenvalue weighted by molar-refractivity contribution is 5.97. The van der Waals surface area contributed by atoms with Crippen molar-refractivity contribution in [2.75, 3.05) is 18.9 Å². The average molecular weight is 654 g/mol. The number of nitrogens with one attached hydrogen (secondary N) is 4. The van der Waals surface area contributed by atoms with E-state index in [-0.39, 0.29) is 31.4 Å². The van der Waals surface area contributed by atoms with E-state index in [2.05, 4.69) is 20.9 Å². The molecule has 4 aromatic rings. The Morgan fingerprint density at radius 2 is 1.69 bits per heavy atom. The van der Waals surface area contributed by atoms with Crippen molar-refractivity contribution in [3.05, 3.63) is 90.0 Å². The van der Waals surface area contributed by atoms with Gasteiger partial charge in [-0.2, -0.15) is 0 Å². The predicted octanol–water partition coefficient (Wildman–Crippen LogP) is 6.39. The van der Waals surface area contributed by atoms with Crippen LogP contribution in [0.25, 0.3) is 22.2 Å². The lowest BCUT2D eigenvalue weighted by Crippen LogP contribution is -2.46. The van der Waals surface area contributed by atoms with E-state index in [1.165, 1.54) is 0 Å². The van der Waals surface area contributed by atoms with Crippen LogP contribution in [0, 0.1) is 0 Å². The van der Waals surface area contributed by atoms with Gasteiger partial charge in [-0.25, -0.2) is 4.79 Å². The Morgan fingerprint density at radius 3 is 2.35 bits per heavy atom. The van der Waals surface area contributed by atoms with Gasteiger partial charge in [0.25, 0.3) is 0 Å². The van der Waals surface area contributed by atoms with Crippen LogP contribution in [0.3, 0.4) is 0 Å². The highest BCUT2D eigenvalue weighted by atomic mass is 16.6. The molecule has 0 aliphatic carbocycles. The molecule has 0 radical (unpaired) electrons. The largest absolute Gasteiger partial charge is 0.444 e. The number of aromatic nitrogens is 1. The van der Waals surface area contributed by atoms with Crippen molar-refractivity contribution in [2.45, 2.75) is 78.1 Å². The number of Topliss-reactive ketones (excluding diaryl/α,β-unsaturated/α-hetero) is 1. The molecule has 10 heteroatoms. The van der Waals surface area contributed by atoms with Gasteiger partial charge >= 0.3 is 6.09 Å². The first-order valence-electron chi connectivity index (χ1n) is 16.0. The molecule has 1 aromatic heterocycles. The maximum Gasteiger partial charge on any atom is 0.408 e. The number of alkyl carbamates (subject to hydrolysis) is 1. The second-order valence-corrected chi connectivity index (χ2v) is 13.0. The molecule has 2 heterocycles. The standard InChI is InChI=1S/C37H43N5O5.CH4/c1-23(39-36(46)47-37(2,3)4)34(44)40-28-16-14-25(15-17-28)30-22-27-20-24(13-18-29(27)41-30)21-32(43)31-12-9-19-42(31)35(45)33(38-5)26-10-7-6-8-11-26;/h6-8,10-11,13-18,20,22-23,31,33,38,41H,9,12,19,21H2,1-5H3,(H,39,46)(H,40,44);1H4/t23-,31-,33+;/m0./s1. The zero-order valence-corrected chi connectivity index (χ0v) is 27.6. The zero-order chi connectivity index (χ0) is 33.7. The molecule has 1 aliphatic rings. The summed E-state index contributed by atoms with van der Waals surface area (Å²) in [5.74, 6) is -0.389. The van der Waals surface area contributed by atoms with Gasteiger partial charge in [-0.05, 0) is 94.6 Å². The lowest BCUT2D eigenvalue weighted by Gasteiger charge is -2.28. The van der Waals surface area contributed by atoms with Crippen molar-refractivity contribution in [1.29, 1.82) is 0 Å². The van der Waals surface area contributed by atoms with Crippen LogP contribution in [0.15, 0.2) is 78.9 Å². The van der Waals surface area contributed by atoms with Crippen LogP contribution in [0.2, 0.25) is 0 Å². The summed E-state index contributed by atoms with van der Waals surface area (Å²) in [5, 5.41) is 9.45. The van der Waals surface area contributed by atoms with E-state index in [0.717, 1.165) is 39.7 Å². The molecule has 4 N–H and O–H groups in total. The van der Waals surface area contributed by atoms with Crippen LogP contribution >= 0.6 is 0 Å². The molecule has 1 aliphatic heterocycles. The maximum atomic E-state index is 13.5. The second kappa shape index (κ2) is 15.3. The van der Waals surface area contributed by atoms with E-state index in [9.17, 15) is 19.2 Å². The predicted molar refractivity (Wildman–Crippen MR) is 190 cm³/mol. The lowest BCUT2D eigenvalue weighted by atomic mass is 9.99. The first-order chi connectivity index (χ1) is 22.4. The highest BCUT2D eigenvalue weighted by Gasteiger charge is 2.37. The van der Waals surface area contributed by atoms with Crippen LogP contribution < -0.4 is 16.0 Å². The molecule has 3 amide bonds. The van der Waals surface area contributed by atoms with Crippen molar-refractivity contribution < 1.29 is 23.9 Å². The Bertz CT molecular complexity index is 1740. The van der Waals surface area contributed by atoms with E-state index in [0.29, 0.717) is 18.7 Å². The molecule has 0 unspecified atom stereocenters. The number of amides is 3. The van der Waals surface area contributed by atoms with Gasteiger partial charge in [0.1, 0.15) is 17.7 Å². The minimum Gasteiger partial charge on any atom is -0.444 e. The van der Waals surface area contributed by atoms with E-state index in [1.54, 1.807) is 51.8 Å². The van der Waals surface area contributed by atoms with E-state index >= 15 is 0 Å². The number of ether oxygens (including phenoxy) is 1. The summed E-state index contributed by atoms with van der Waals surface area (Å²) in [4.78, 5) is 56.8. The molecule has 0 spiro atoms. The van der Waals surface area contributed by atoms with E-state index in [1.807, 2.05) is 66.7 Å². The number of H-pyrrole nitrogens is 1. The summed E-state index contributed by atoms with van der Waals surface area (Å²) in [6, 6.07) is 23.3. The lowest BCUT2D eigenvalue weighted by molar-refractivity contribution is -0.139. The summed E-state index contributed by atoms with van der Waals surface area (Å²) in [5.41, 5.74) is 4.48. The summed E-state index contributed by atoms with van der Waals surface area (Å²) < 4.78 is 5.22. The highest BCUT2D eigenvalue weighted by Crippen LogP contribution is 2.28. The van der Waals surface area contributed by atoms with Crippen LogP contribution in [0.1, 0.15) is 65.1 Å². The van der Waals surface area contributed by atoms with Crippen molar-refractivity contribution in [2.24, 2.45) is 0 Å². The maximum absolute atomic E-state index is 13.5. The fourth-order valence-electron chi connectivity index (χ4n) is 5.91. The third kappa shape index (κ3) is 8.68. The third-order valence-electron chi connectivity index (χ3n) is 8.23. The fraction of sp³-hybridized carbons (Fsp3) is 0.368. The quantitative estimate of drug-likeness (QED) is 0.157. The number of nitrogens with zero attached hydrogens (tertiary/aromatic N) is 1. The number of anilines is 1. The molecule has 10 nitrogen and oxygen atoms in total. The SMILES string of the molecule is C.CN[C@@H](C(=O)N1CCC[C@H]1C(=O)Cc1ccc2[nH]c(-c3ccc(NC(=O)[C@H](C)NC(=O)OC(C)(C)C)cc3)cc2c1)c1ccccc1. The topological polar surface area (TPSA) is 133 Å². The zero-order valence-electron chi connectivity index (χ0n) is 27.6. The van der Waals surface area contributed by atoms with Gasteiger partial charge in [-0.1, -0.05) is 56.0 Å². The summed E-state index contributed by atoms with van der Waals surface area (Å²) >= 11 is 0. The molecular weight excluding hydrogens is 606 g/mol. The Hall–Kier alpha value is -4.96. The van der Waals surface area contributed by atoms with Gasteiger partial charge in [0, 0.05) is 35.2 Å². The molecule has 0 saturated carbocycles. The summed E-state index contributed by atoms with van der Waals surface area (Å²) in [6.45, 7) is 7.44. The minimum atomic E-state index is -0.781. The number of rotatable bonds is 10. The third-order valence-corrected chi connectivity index (χ3v) is 8.23. The van der Waals surface area contributed by atoms with E-state index in [4.69, 9.17) is 4.74 Å². The number of fused-ring (bicyclic) bond motifs is 1. The molecule has 1 saturated heterocycles. The van der Waals surface area contributed by atoms with Crippen LogP contribution in [-0.4, -0.2) is 64.9 Å². The smallest absolute Gasteiger partial charge is 0.408 e. The Kier molecular flexibility index (Phi) is 11.4. The Morgan fingerprint density at radius 1 is 0.979 bits per heavy atom. The monoisotopic (exact) mass is 653 g/mol. The Labute approximate surface area is 282 Å². The first kappa shape index (κ1) is 35.9. The molecule has 3 atom stereocenters. The number of carbonyl (C=O) groups is 4. The second-order valence-electron chi connectivity index (χ2n) is 13.0. The number of aromatic amines is 1. The molecule has 1 fully saturated rings. The number of hydrogen-bond donors (Lipinski definition) is 4. The minimum absolute atomic E-state index is 0. The molecule has 48 heavy (non-hydrogen) atoms. The van der Waals surface area contributed by atoms with Crippen molar-refractivity contribution in [3.8, 4) is 11.3 Å². The van der Waals surface area contributed by atoms with Gasteiger partial charge in [-0.15, -0.1) is 0 Å². The number of benzene rings is 3. The molecule has 3 aromatic carbocycles. The number of ketones is 1. The van der Waals surface area contributed by atoms with Crippen LogP contribution in [0.5, 0.6) is 0 Å². The number of likely N-dealkylation sites (N-methyl/N-ethyl adjacent to an activating group) is 1. The van der Waals surface area contributed by atoms with Crippen molar-refractivity contribution >= 4 is 40.3 Å². The van der Waals surface area contributed by atoms with Crippen LogP contribution in [-0.2, 0) is 25.5 Å². The van der Waals surface area contributed by atoms with Crippen molar-refractivity contribution in [1.82, 2.24) is 20.5 Å². The molecule has 0 bridgehead atoms. The molecule has 5 rings (SSSR count).